The molecule has 1 heterocycles. The lowest BCUT2D eigenvalue weighted by Gasteiger charge is -2.04. The average Bonchev–Trinajstić information content (AvgIpc) is 2.81. The number of hydrogen-bond donors (Lipinski definition) is 3. The summed E-state index contributed by atoms with van der Waals surface area (Å²) in [5.74, 6) is -0.181. The minimum atomic E-state index is -0.336. The zero-order chi connectivity index (χ0) is 11.4. The number of phenols is 1. The van der Waals surface area contributed by atoms with E-state index < -0.39 is 0 Å². The maximum atomic E-state index is 11.5. The van der Waals surface area contributed by atoms with Gasteiger partial charge in [0.05, 0.1) is 6.20 Å². The number of benzene rings is 1. The molecule has 2 rings (SSSR count). The van der Waals surface area contributed by atoms with Gasteiger partial charge in [-0.15, -0.1) is 0 Å². The third-order valence-electron chi connectivity index (χ3n) is 2.08. The Balaban J connectivity index is 1.98. The Bertz CT molecular complexity index is 481. The first-order valence-corrected chi connectivity index (χ1v) is 4.68. The molecule has 1 aromatic heterocycles. The maximum absolute atomic E-state index is 11.5. The molecule has 6 nitrogen and oxygen atoms in total. The van der Waals surface area contributed by atoms with E-state index >= 15 is 0 Å². The van der Waals surface area contributed by atoms with Gasteiger partial charge in [0, 0.05) is 12.1 Å². The van der Waals surface area contributed by atoms with Gasteiger partial charge in [-0.2, -0.15) is 15.4 Å². The molecule has 0 saturated heterocycles. The van der Waals surface area contributed by atoms with Crippen LogP contribution in [-0.2, 0) is 6.54 Å². The normalized spacial score (nSPS) is 10.0. The summed E-state index contributed by atoms with van der Waals surface area (Å²) in [6.07, 6.45) is 1.33. The molecule has 3 N–H and O–H groups in total. The Morgan fingerprint density at radius 3 is 2.94 bits per heavy atom. The molecular weight excluding hydrogens is 208 g/mol. The van der Waals surface area contributed by atoms with Crippen LogP contribution >= 0.6 is 0 Å². The fourth-order valence-corrected chi connectivity index (χ4v) is 1.24. The van der Waals surface area contributed by atoms with Crippen LogP contribution in [0, 0.1) is 0 Å². The molecular formula is C10H10N4O2. The SMILES string of the molecule is O=C(NCc1ccccc1O)c1cn[nH]n1. The average molecular weight is 218 g/mol. The molecule has 1 aromatic carbocycles. The number of H-pyrrole nitrogens is 1. The number of amides is 1. The fourth-order valence-electron chi connectivity index (χ4n) is 1.24. The number of rotatable bonds is 3. The topological polar surface area (TPSA) is 90.9 Å². The lowest BCUT2D eigenvalue weighted by molar-refractivity contribution is 0.0945. The molecule has 2 aromatic rings. The highest BCUT2D eigenvalue weighted by Crippen LogP contribution is 2.14. The minimum absolute atomic E-state index is 0.156. The highest BCUT2D eigenvalue weighted by atomic mass is 16.3. The molecule has 0 bridgehead atoms. The molecule has 1 amide bonds. The van der Waals surface area contributed by atoms with Crippen LogP contribution in [0.5, 0.6) is 5.75 Å². The van der Waals surface area contributed by atoms with Gasteiger partial charge in [0.25, 0.3) is 5.91 Å². The van der Waals surface area contributed by atoms with Crippen LogP contribution in [0.1, 0.15) is 16.1 Å². The van der Waals surface area contributed by atoms with Gasteiger partial charge in [0.1, 0.15) is 5.75 Å². The van der Waals surface area contributed by atoms with Crippen molar-refractivity contribution in [2.24, 2.45) is 0 Å². The van der Waals surface area contributed by atoms with Crippen molar-refractivity contribution in [3.05, 3.63) is 41.7 Å². The van der Waals surface area contributed by atoms with Crippen molar-refractivity contribution >= 4 is 5.91 Å². The quantitative estimate of drug-likeness (QED) is 0.697. The van der Waals surface area contributed by atoms with Gasteiger partial charge in [0.2, 0.25) is 0 Å². The Labute approximate surface area is 91.3 Å². The summed E-state index contributed by atoms with van der Waals surface area (Å²) in [5.41, 5.74) is 0.870. The summed E-state index contributed by atoms with van der Waals surface area (Å²) in [6.45, 7) is 0.248. The van der Waals surface area contributed by atoms with E-state index in [1.54, 1.807) is 24.3 Å². The minimum Gasteiger partial charge on any atom is -0.508 e. The standard InChI is InChI=1S/C10H10N4O2/c15-9-4-2-1-3-7(9)5-11-10(16)8-6-12-14-13-8/h1-4,6,15H,5H2,(H,11,16)(H,12,13,14). The van der Waals surface area contributed by atoms with Crippen LogP contribution in [0.2, 0.25) is 0 Å². The molecule has 0 aliphatic rings. The lowest BCUT2D eigenvalue weighted by Crippen LogP contribution is -2.23. The van der Waals surface area contributed by atoms with Crippen molar-refractivity contribution in [1.82, 2.24) is 20.7 Å². The third-order valence-corrected chi connectivity index (χ3v) is 2.08. The van der Waals surface area contributed by atoms with E-state index in [0.29, 0.717) is 5.56 Å². The predicted octanol–water partition coefficient (Wildman–Crippen LogP) is 0.440. The summed E-state index contributed by atoms with van der Waals surface area (Å²) >= 11 is 0. The summed E-state index contributed by atoms with van der Waals surface area (Å²) in [7, 11) is 0. The van der Waals surface area contributed by atoms with Crippen LogP contribution in [0.3, 0.4) is 0 Å². The second-order valence-electron chi connectivity index (χ2n) is 3.17. The van der Waals surface area contributed by atoms with Gasteiger partial charge in [-0.3, -0.25) is 4.79 Å². The molecule has 0 atom stereocenters. The van der Waals surface area contributed by atoms with Gasteiger partial charge in [0.15, 0.2) is 5.69 Å². The molecule has 0 aliphatic carbocycles. The van der Waals surface area contributed by atoms with E-state index in [-0.39, 0.29) is 23.9 Å². The lowest BCUT2D eigenvalue weighted by atomic mass is 10.2. The van der Waals surface area contributed by atoms with Gasteiger partial charge in [-0.25, -0.2) is 0 Å². The molecule has 0 spiro atoms. The van der Waals surface area contributed by atoms with E-state index in [2.05, 4.69) is 20.7 Å². The van der Waals surface area contributed by atoms with Gasteiger partial charge in [-0.1, -0.05) is 18.2 Å². The smallest absolute Gasteiger partial charge is 0.273 e. The molecule has 6 heteroatoms. The first-order valence-electron chi connectivity index (χ1n) is 4.68. The second kappa shape index (κ2) is 4.43. The number of aromatic amines is 1. The van der Waals surface area contributed by atoms with Gasteiger partial charge < -0.3 is 10.4 Å². The second-order valence-corrected chi connectivity index (χ2v) is 3.17. The molecule has 0 aliphatic heterocycles. The predicted molar refractivity (Wildman–Crippen MR) is 55.7 cm³/mol. The van der Waals surface area contributed by atoms with Crippen molar-refractivity contribution in [1.29, 1.82) is 0 Å². The monoisotopic (exact) mass is 218 g/mol. The number of aromatic hydroxyl groups is 1. The maximum Gasteiger partial charge on any atom is 0.273 e. The van der Waals surface area contributed by atoms with E-state index in [0.717, 1.165) is 0 Å². The van der Waals surface area contributed by atoms with Crippen LogP contribution in [0.15, 0.2) is 30.5 Å². The van der Waals surface area contributed by atoms with Crippen molar-refractivity contribution in [2.45, 2.75) is 6.54 Å². The van der Waals surface area contributed by atoms with E-state index in [1.165, 1.54) is 6.20 Å². The Hall–Kier alpha value is -2.37. The Morgan fingerprint density at radius 1 is 1.44 bits per heavy atom. The molecule has 0 radical (unpaired) electrons. The van der Waals surface area contributed by atoms with Gasteiger partial charge in [-0.05, 0) is 6.07 Å². The molecule has 0 unspecified atom stereocenters. The highest BCUT2D eigenvalue weighted by Gasteiger charge is 2.08. The summed E-state index contributed by atoms with van der Waals surface area (Å²) in [5, 5.41) is 21.6. The zero-order valence-corrected chi connectivity index (χ0v) is 8.34. The third kappa shape index (κ3) is 2.17. The number of nitrogens with one attached hydrogen (secondary N) is 2. The van der Waals surface area contributed by atoms with E-state index in [1.807, 2.05) is 0 Å². The van der Waals surface area contributed by atoms with Crippen LogP contribution < -0.4 is 5.32 Å². The fraction of sp³-hybridized carbons (Fsp3) is 0.100. The largest absolute Gasteiger partial charge is 0.508 e. The first kappa shape index (κ1) is 10.2. The number of carbonyl (C=O) groups is 1. The Kier molecular flexibility index (Phi) is 2.81. The van der Waals surface area contributed by atoms with Crippen LogP contribution in [0.25, 0.3) is 0 Å². The van der Waals surface area contributed by atoms with Crippen molar-refractivity contribution in [3.8, 4) is 5.75 Å². The van der Waals surface area contributed by atoms with Gasteiger partial charge >= 0.3 is 0 Å². The molecule has 16 heavy (non-hydrogen) atoms. The number of carbonyl (C=O) groups excluding carboxylic acids is 1. The van der Waals surface area contributed by atoms with Crippen molar-refractivity contribution < 1.29 is 9.90 Å². The molecule has 0 saturated carbocycles. The highest BCUT2D eigenvalue weighted by molar-refractivity contribution is 5.91. The zero-order valence-electron chi connectivity index (χ0n) is 8.34. The molecule has 0 fully saturated rings. The van der Waals surface area contributed by atoms with Crippen LogP contribution in [0.4, 0.5) is 0 Å². The number of aromatic nitrogens is 3. The van der Waals surface area contributed by atoms with Crippen LogP contribution in [-0.4, -0.2) is 26.4 Å². The molecule has 82 valence electrons. The van der Waals surface area contributed by atoms with E-state index in [9.17, 15) is 9.90 Å². The first-order chi connectivity index (χ1) is 7.77. The number of hydrogen-bond acceptors (Lipinski definition) is 4. The number of para-hydroxylation sites is 1. The Morgan fingerprint density at radius 2 is 2.25 bits per heavy atom. The summed E-state index contributed by atoms with van der Waals surface area (Å²) in [6, 6.07) is 6.81. The summed E-state index contributed by atoms with van der Waals surface area (Å²) < 4.78 is 0. The van der Waals surface area contributed by atoms with Crippen molar-refractivity contribution in [3.63, 3.8) is 0 Å². The number of nitrogens with zero attached hydrogens (tertiary/aromatic N) is 2. The number of phenolic OH excluding ortho intramolecular Hbond substituents is 1. The van der Waals surface area contributed by atoms with Crippen molar-refractivity contribution in [2.75, 3.05) is 0 Å². The van der Waals surface area contributed by atoms with E-state index in [4.69, 9.17) is 0 Å². The summed E-state index contributed by atoms with van der Waals surface area (Å²) in [4.78, 5) is 11.5.